The maximum atomic E-state index is 12.4. The van der Waals surface area contributed by atoms with Crippen molar-refractivity contribution in [3.8, 4) is 0 Å². The lowest BCUT2D eigenvalue weighted by Gasteiger charge is -2.23. The molecule has 1 unspecified atom stereocenters. The smallest absolute Gasteiger partial charge is 0.255 e. The zero-order valence-corrected chi connectivity index (χ0v) is 12.5. The average molecular weight is 324 g/mol. The first-order chi connectivity index (χ1) is 9.24. The largest absolute Gasteiger partial charge is 0.337 e. The maximum absolute atomic E-state index is 12.4. The highest BCUT2D eigenvalue weighted by molar-refractivity contribution is 9.10. The second kappa shape index (κ2) is 5.59. The number of pyridine rings is 1. The van der Waals surface area contributed by atoms with Gasteiger partial charge in [-0.15, -0.1) is 0 Å². The Morgan fingerprint density at radius 2 is 2.05 bits per heavy atom. The summed E-state index contributed by atoms with van der Waals surface area (Å²) in [5.41, 5.74) is 0.677. The average Bonchev–Trinajstić information content (AvgIpc) is 3.08. The molecule has 2 aliphatic rings. The van der Waals surface area contributed by atoms with Crippen LogP contribution in [0.4, 0.5) is 0 Å². The Labute approximate surface area is 121 Å². The first kappa shape index (κ1) is 13.1. The predicted octanol–water partition coefficient (Wildman–Crippen LogP) is 2.15. The molecule has 4 nitrogen and oxygen atoms in total. The summed E-state index contributed by atoms with van der Waals surface area (Å²) in [7, 11) is 0. The number of amides is 1. The molecular formula is C14H18BrN3O. The van der Waals surface area contributed by atoms with E-state index in [1.54, 1.807) is 12.4 Å². The van der Waals surface area contributed by atoms with Gasteiger partial charge in [0.1, 0.15) is 0 Å². The molecule has 5 heteroatoms. The van der Waals surface area contributed by atoms with E-state index in [1.807, 2.05) is 11.0 Å². The fraction of sp³-hybridized carbons (Fsp3) is 0.571. The molecule has 19 heavy (non-hydrogen) atoms. The molecule has 2 fully saturated rings. The van der Waals surface area contributed by atoms with Crippen LogP contribution in [0.15, 0.2) is 22.9 Å². The molecule has 2 saturated heterocycles. The normalized spacial score (nSPS) is 24.1. The first-order valence-corrected chi connectivity index (χ1v) is 7.67. The molecule has 2 aliphatic heterocycles. The van der Waals surface area contributed by atoms with E-state index >= 15 is 0 Å². The van der Waals surface area contributed by atoms with E-state index in [9.17, 15) is 4.79 Å². The number of rotatable bonds is 2. The van der Waals surface area contributed by atoms with Crippen LogP contribution in [0.3, 0.4) is 0 Å². The fourth-order valence-electron chi connectivity index (χ4n) is 3.04. The van der Waals surface area contributed by atoms with Crippen molar-refractivity contribution < 1.29 is 4.79 Å². The Morgan fingerprint density at radius 3 is 2.79 bits per heavy atom. The van der Waals surface area contributed by atoms with Gasteiger partial charge >= 0.3 is 0 Å². The molecule has 1 aromatic rings. The molecule has 1 aromatic heterocycles. The highest BCUT2D eigenvalue weighted by Gasteiger charge is 2.31. The lowest BCUT2D eigenvalue weighted by molar-refractivity contribution is 0.0779. The SMILES string of the molecule is O=C(c1cncc(Br)c1)N1CCC(N2CCCC2)C1. The van der Waals surface area contributed by atoms with Gasteiger partial charge < -0.3 is 4.90 Å². The minimum Gasteiger partial charge on any atom is -0.337 e. The zero-order chi connectivity index (χ0) is 13.2. The lowest BCUT2D eigenvalue weighted by Crippen LogP contribution is -2.37. The Hall–Kier alpha value is -0.940. The zero-order valence-electron chi connectivity index (χ0n) is 10.9. The Bertz CT molecular complexity index is 474. The van der Waals surface area contributed by atoms with Crippen LogP contribution in [-0.4, -0.2) is 52.9 Å². The molecule has 0 aromatic carbocycles. The van der Waals surface area contributed by atoms with Gasteiger partial charge in [-0.05, 0) is 54.3 Å². The van der Waals surface area contributed by atoms with E-state index < -0.39 is 0 Å². The molecule has 0 aliphatic carbocycles. The summed E-state index contributed by atoms with van der Waals surface area (Å²) >= 11 is 3.36. The van der Waals surface area contributed by atoms with Crippen LogP contribution in [0.25, 0.3) is 0 Å². The summed E-state index contributed by atoms with van der Waals surface area (Å²) in [5.74, 6) is 0.107. The highest BCUT2D eigenvalue weighted by Crippen LogP contribution is 2.22. The van der Waals surface area contributed by atoms with Crippen molar-refractivity contribution in [2.75, 3.05) is 26.2 Å². The topological polar surface area (TPSA) is 36.4 Å². The van der Waals surface area contributed by atoms with Gasteiger partial charge in [0.15, 0.2) is 0 Å². The summed E-state index contributed by atoms with van der Waals surface area (Å²) in [6, 6.07) is 2.41. The minimum absolute atomic E-state index is 0.107. The first-order valence-electron chi connectivity index (χ1n) is 6.88. The summed E-state index contributed by atoms with van der Waals surface area (Å²) in [6.45, 7) is 4.13. The van der Waals surface area contributed by atoms with E-state index in [2.05, 4.69) is 25.8 Å². The van der Waals surface area contributed by atoms with Crippen molar-refractivity contribution in [2.24, 2.45) is 0 Å². The molecule has 0 spiro atoms. The quantitative estimate of drug-likeness (QED) is 0.836. The summed E-state index contributed by atoms with van der Waals surface area (Å²) in [6.07, 6.45) is 7.07. The molecule has 0 saturated carbocycles. The second-order valence-electron chi connectivity index (χ2n) is 5.33. The Balaban J connectivity index is 1.65. The second-order valence-corrected chi connectivity index (χ2v) is 6.24. The number of aromatic nitrogens is 1. The van der Waals surface area contributed by atoms with Gasteiger partial charge in [0.25, 0.3) is 5.91 Å². The number of carbonyl (C=O) groups excluding carboxylic acids is 1. The molecule has 0 N–H and O–H groups in total. The number of hydrogen-bond donors (Lipinski definition) is 0. The van der Waals surface area contributed by atoms with Crippen molar-refractivity contribution >= 4 is 21.8 Å². The Kier molecular flexibility index (Phi) is 3.84. The molecular weight excluding hydrogens is 306 g/mol. The van der Waals surface area contributed by atoms with Crippen molar-refractivity contribution in [3.05, 3.63) is 28.5 Å². The third-order valence-electron chi connectivity index (χ3n) is 4.06. The molecule has 3 heterocycles. The standard InChI is InChI=1S/C14H18BrN3O/c15-12-7-11(8-16-9-12)14(19)18-6-3-13(10-18)17-4-1-2-5-17/h7-9,13H,1-6,10H2. The molecule has 0 radical (unpaired) electrons. The van der Waals surface area contributed by atoms with Crippen molar-refractivity contribution in [2.45, 2.75) is 25.3 Å². The molecule has 102 valence electrons. The van der Waals surface area contributed by atoms with E-state index in [-0.39, 0.29) is 5.91 Å². The number of carbonyl (C=O) groups is 1. The van der Waals surface area contributed by atoms with Gasteiger partial charge in [-0.2, -0.15) is 0 Å². The van der Waals surface area contributed by atoms with Crippen LogP contribution in [0.1, 0.15) is 29.6 Å². The van der Waals surface area contributed by atoms with Gasteiger partial charge in [0, 0.05) is 36.0 Å². The van der Waals surface area contributed by atoms with Gasteiger partial charge in [0.05, 0.1) is 5.56 Å². The summed E-state index contributed by atoms with van der Waals surface area (Å²) in [5, 5.41) is 0. The van der Waals surface area contributed by atoms with Gasteiger partial charge in [-0.1, -0.05) is 0 Å². The van der Waals surface area contributed by atoms with Crippen LogP contribution < -0.4 is 0 Å². The van der Waals surface area contributed by atoms with Crippen molar-refractivity contribution in [3.63, 3.8) is 0 Å². The molecule has 1 amide bonds. The Morgan fingerprint density at radius 1 is 1.26 bits per heavy atom. The van der Waals surface area contributed by atoms with E-state index in [4.69, 9.17) is 0 Å². The third kappa shape index (κ3) is 2.82. The molecule has 3 rings (SSSR count). The highest BCUT2D eigenvalue weighted by atomic mass is 79.9. The van der Waals surface area contributed by atoms with Gasteiger partial charge in [-0.25, -0.2) is 0 Å². The van der Waals surface area contributed by atoms with Gasteiger partial charge in [0.2, 0.25) is 0 Å². The van der Waals surface area contributed by atoms with Crippen LogP contribution in [0, 0.1) is 0 Å². The number of nitrogens with zero attached hydrogens (tertiary/aromatic N) is 3. The van der Waals surface area contributed by atoms with Crippen LogP contribution >= 0.6 is 15.9 Å². The summed E-state index contributed by atoms with van der Waals surface area (Å²) < 4.78 is 0.855. The number of halogens is 1. The molecule has 1 atom stereocenters. The van der Waals surface area contributed by atoms with Crippen LogP contribution in [0.5, 0.6) is 0 Å². The van der Waals surface area contributed by atoms with E-state index in [0.717, 1.165) is 24.0 Å². The predicted molar refractivity (Wildman–Crippen MR) is 77.1 cm³/mol. The minimum atomic E-state index is 0.107. The van der Waals surface area contributed by atoms with Crippen LogP contribution in [-0.2, 0) is 0 Å². The van der Waals surface area contributed by atoms with Crippen molar-refractivity contribution in [1.29, 1.82) is 0 Å². The number of hydrogen-bond acceptors (Lipinski definition) is 3. The van der Waals surface area contributed by atoms with E-state index in [1.165, 1.54) is 25.9 Å². The fourth-order valence-corrected chi connectivity index (χ4v) is 3.41. The summed E-state index contributed by atoms with van der Waals surface area (Å²) in [4.78, 5) is 21.0. The van der Waals surface area contributed by atoms with Gasteiger partial charge in [-0.3, -0.25) is 14.7 Å². The number of likely N-dealkylation sites (tertiary alicyclic amines) is 2. The van der Waals surface area contributed by atoms with Crippen LogP contribution in [0.2, 0.25) is 0 Å². The maximum Gasteiger partial charge on any atom is 0.255 e. The molecule has 0 bridgehead atoms. The lowest BCUT2D eigenvalue weighted by atomic mass is 10.2. The third-order valence-corrected chi connectivity index (χ3v) is 4.49. The van der Waals surface area contributed by atoms with E-state index in [0.29, 0.717) is 11.6 Å². The van der Waals surface area contributed by atoms with Crippen molar-refractivity contribution in [1.82, 2.24) is 14.8 Å². The monoisotopic (exact) mass is 323 g/mol.